The van der Waals surface area contributed by atoms with Gasteiger partial charge >= 0.3 is 5.63 Å². The number of nitrogens with two attached hydrogens (primary N) is 1. The number of nitrogens with zero attached hydrogens (tertiary/aromatic N) is 1. The van der Waals surface area contributed by atoms with E-state index >= 15 is 0 Å². The number of hydrogen-bond donors (Lipinski definition) is 1. The Morgan fingerprint density at radius 3 is 2.84 bits per heavy atom. The summed E-state index contributed by atoms with van der Waals surface area (Å²) in [5.74, 6) is -0.370. The van der Waals surface area contributed by atoms with Crippen molar-refractivity contribution >= 4 is 22.8 Å². The van der Waals surface area contributed by atoms with Crippen LogP contribution in [0.1, 0.15) is 25.3 Å². The topological polar surface area (TPSA) is 103 Å². The van der Waals surface area contributed by atoms with Gasteiger partial charge < -0.3 is 19.8 Å². The van der Waals surface area contributed by atoms with E-state index in [4.69, 9.17) is 14.9 Å². The molecule has 1 aromatic carbocycles. The predicted molar refractivity (Wildman–Crippen MR) is 91.2 cm³/mol. The summed E-state index contributed by atoms with van der Waals surface area (Å²) in [6.45, 7) is 3.94. The highest BCUT2D eigenvalue weighted by atomic mass is 16.5. The first kappa shape index (κ1) is 17.0. The van der Waals surface area contributed by atoms with Crippen molar-refractivity contribution in [3.8, 4) is 5.75 Å². The smallest absolute Gasteiger partial charge is 0.336 e. The van der Waals surface area contributed by atoms with Crippen LogP contribution < -0.4 is 16.1 Å². The van der Waals surface area contributed by atoms with Gasteiger partial charge in [-0.2, -0.15) is 0 Å². The average molecular weight is 344 g/mol. The maximum atomic E-state index is 12.6. The van der Waals surface area contributed by atoms with E-state index in [1.54, 1.807) is 25.1 Å². The molecule has 25 heavy (non-hydrogen) atoms. The number of ether oxygens (including phenoxy) is 1. The zero-order valence-electron chi connectivity index (χ0n) is 14.2. The third-order valence-corrected chi connectivity index (χ3v) is 4.45. The van der Waals surface area contributed by atoms with Crippen LogP contribution in [0.5, 0.6) is 5.75 Å². The molecule has 2 heterocycles. The molecule has 1 aromatic heterocycles. The number of amides is 2. The molecule has 7 nitrogen and oxygen atoms in total. The van der Waals surface area contributed by atoms with Crippen molar-refractivity contribution in [2.24, 2.45) is 5.73 Å². The van der Waals surface area contributed by atoms with E-state index in [0.717, 1.165) is 17.4 Å². The summed E-state index contributed by atoms with van der Waals surface area (Å²) in [5, 5.41) is 0.805. The SMILES string of the molecule is Cc1cc(=O)oc2cc(OC(C)C(=O)N3CCCC3C(N)=O)ccc12. The minimum absolute atomic E-state index is 0.285. The fraction of sp³-hybridized carbons (Fsp3) is 0.389. The Hall–Kier alpha value is -2.83. The molecule has 3 rings (SSSR count). The van der Waals surface area contributed by atoms with Gasteiger partial charge in [0, 0.05) is 24.1 Å². The first-order valence-electron chi connectivity index (χ1n) is 8.18. The molecule has 2 amide bonds. The van der Waals surface area contributed by atoms with Gasteiger partial charge in [0.2, 0.25) is 5.91 Å². The summed E-state index contributed by atoms with van der Waals surface area (Å²) in [6, 6.07) is 5.93. The Kier molecular flexibility index (Phi) is 4.48. The van der Waals surface area contributed by atoms with Crippen molar-refractivity contribution in [1.29, 1.82) is 0 Å². The lowest BCUT2D eigenvalue weighted by molar-refractivity contribution is -0.142. The highest BCUT2D eigenvalue weighted by molar-refractivity contribution is 5.89. The summed E-state index contributed by atoms with van der Waals surface area (Å²) >= 11 is 0. The summed E-state index contributed by atoms with van der Waals surface area (Å²) in [4.78, 5) is 37.0. The van der Waals surface area contributed by atoms with Gasteiger partial charge in [0.15, 0.2) is 6.10 Å². The van der Waals surface area contributed by atoms with Crippen LogP contribution in [0.15, 0.2) is 33.5 Å². The van der Waals surface area contributed by atoms with Gasteiger partial charge in [-0.05, 0) is 44.4 Å². The van der Waals surface area contributed by atoms with Crippen LogP contribution in [0.25, 0.3) is 11.0 Å². The van der Waals surface area contributed by atoms with Crippen molar-refractivity contribution in [1.82, 2.24) is 4.90 Å². The normalized spacial score (nSPS) is 18.3. The number of hydrogen-bond acceptors (Lipinski definition) is 5. The summed E-state index contributed by atoms with van der Waals surface area (Å²) in [6.07, 6.45) is 0.537. The lowest BCUT2D eigenvalue weighted by Gasteiger charge is -2.25. The third kappa shape index (κ3) is 3.35. The number of rotatable bonds is 4. The number of aryl methyl sites for hydroxylation is 1. The van der Waals surface area contributed by atoms with Crippen LogP contribution in [0, 0.1) is 6.92 Å². The van der Waals surface area contributed by atoms with Crippen molar-refractivity contribution in [2.45, 2.75) is 38.8 Å². The molecular weight excluding hydrogens is 324 g/mol. The zero-order valence-corrected chi connectivity index (χ0v) is 14.2. The quantitative estimate of drug-likeness (QED) is 0.843. The lowest BCUT2D eigenvalue weighted by atomic mass is 10.1. The molecule has 2 unspecified atom stereocenters. The molecule has 1 aliphatic rings. The maximum Gasteiger partial charge on any atom is 0.336 e. The molecular formula is C18H20N2O5. The van der Waals surface area contributed by atoms with Gasteiger partial charge in [-0.1, -0.05) is 0 Å². The average Bonchev–Trinajstić information content (AvgIpc) is 3.03. The second-order valence-electron chi connectivity index (χ2n) is 6.26. The second-order valence-corrected chi connectivity index (χ2v) is 6.26. The van der Waals surface area contributed by atoms with Crippen LogP contribution in [0.3, 0.4) is 0 Å². The lowest BCUT2D eigenvalue weighted by Crippen LogP contribution is -2.48. The molecule has 0 aliphatic carbocycles. The van der Waals surface area contributed by atoms with Gasteiger partial charge in [-0.3, -0.25) is 9.59 Å². The Morgan fingerprint density at radius 2 is 2.12 bits per heavy atom. The van der Waals surface area contributed by atoms with Crippen molar-refractivity contribution < 1.29 is 18.7 Å². The van der Waals surface area contributed by atoms with Gasteiger partial charge in [-0.25, -0.2) is 4.79 Å². The Bertz CT molecular complexity index is 889. The third-order valence-electron chi connectivity index (χ3n) is 4.45. The van der Waals surface area contributed by atoms with E-state index in [1.807, 2.05) is 6.92 Å². The Balaban J connectivity index is 1.79. The first-order valence-corrected chi connectivity index (χ1v) is 8.18. The van der Waals surface area contributed by atoms with E-state index in [9.17, 15) is 14.4 Å². The number of fused-ring (bicyclic) bond motifs is 1. The van der Waals surface area contributed by atoms with Crippen LogP contribution >= 0.6 is 0 Å². The largest absolute Gasteiger partial charge is 0.481 e. The molecule has 0 radical (unpaired) electrons. The summed E-state index contributed by atoms with van der Waals surface area (Å²) in [5.41, 5.74) is 6.13. The van der Waals surface area contributed by atoms with Crippen molar-refractivity contribution in [2.75, 3.05) is 6.54 Å². The van der Waals surface area contributed by atoms with E-state index in [2.05, 4.69) is 0 Å². The van der Waals surface area contributed by atoms with Gasteiger partial charge in [0.1, 0.15) is 17.4 Å². The number of carbonyl (C=O) groups excluding carboxylic acids is 2. The highest BCUT2D eigenvalue weighted by Gasteiger charge is 2.35. The molecule has 0 saturated carbocycles. The van der Waals surface area contributed by atoms with Crippen LogP contribution in [0.2, 0.25) is 0 Å². The van der Waals surface area contributed by atoms with Crippen LogP contribution in [-0.4, -0.2) is 35.4 Å². The van der Waals surface area contributed by atoms with E-state index in [1.165, 1.54) is 11.0 Å². The van der Waals surface area contributed by atoms with Crippen molar-refractivity contribution in [3.63, 3.8) is 0 Å². The van der Waals surface area contributed by atoms with Crippen LogP contribution in [0.4, 0.5) is 0 Å². The molecule has 1 aliphatic heterocycles. The fourth-order valence-corrected chi connectivity index (χ4v) is 3.19. The van der Waals surface area contributed by atoms with E-state index in [-0.39, 0.29) is 5.91 Å². The highest BCUT2D eigenvalue weighted by Crippen LogP contribution is 2.24. The molecule has 0 spiro atoms. The van der Waals surface area contributed by atoms with Crippen LogP contribution in [-0.2, 0) is 9.59 Å². The fourth-order valence-electron chi connectivity index (χ4n) is 3.19. The number of carbonyl (C=O) groups is 2. The molecule has 0 bridgehead atoms. The van der Waals surface area contributed by atoms with Gasteiger partial charge in [0.05, 0.1) is 0 Å². The maximum absolute atomic E-state index is 12.6. The molecule has 1 fully saturated rings. The molecule has 2 aromatic rings. The Morgan fingerprint density at radius 1 is 1.36 bits per heavy atom. The molecule has 1 saturated heterocycles. The number of benzene rings is 1. The minimum atomic E-state index is -0.783. The Labute approximate surface area is 144 Å². The standard InChI is InChI=1S/C18H20N2O5/c1-10-8-16(21)25-15-9-12(5-6-13(10)15)24-11(2)18(23)20-7-3-4-14(20)17(19)22/h5-6,8-9,11,14H,3-4,7H2,1-2H3,(H2,19,22). The monoisotopic (exact) mass is 344 g/mol. The summed E-state index contributed by atoms with van der Waals surface area (Å²) < 4.78 is 10.9. The number of primary amides is 1. The van der Waals surface area contributed by atoms with E-state index < -0.39 is 23.7 Å². The van der Waals surface area contributed by atoms with Crippen molar-refractivity contribution in [3.05, 3.63) is 40.2 Å². The number of likely N-dealkylation sites (tertiary alicyclic amines) is 1. The van der Waals surface area contributed by atoms with Gasteiger partial charge in [0.25, 0.3) is 5.91 Å². The predicted octanol–water partition coefficient (Wildman–Crippen LogP) is 1.35. The zero-order chi connectivity index (χ0) is 18.1. The summed E-state index contributed by atoms with van der Waals surface area (Å²) in [7, 11) is 0. The van der Waals surface area contributed by atoms with E-state index in [0.29, 0.717) is 24.3 Å². The van der Waals surface area contributed by atoms with Gasteiger partial charge in [-0.15, -0.1) is 0 Å². The first-order chi connectivity index (χ1) is 11.9. The second kappa shape index (κ2) is 6.58. The molecule has 132 valence electrons. The molecule has 2 N–H and O–H groups in total. The minimum Gasteiger partial charge on any atom is -0.481 e. The molecule has 7 heteroatoms. The molecule has 2 atom stereocenters.